The predicted octanol–water partition coefficient (Wildman–Crippen LogP) is 4.85. The number of nitrogens with zero attached hydrogens (tertiary/aromatic N) is 2. The maximum atomic E-state index is 13.5. The number of ether oxygens (including phenoxy) is 2. The third-order valence-corrected chi connectivity index (χ3v) is 5.70. The van der Waals surface area contributed by atoms with E-state index in [1.54, 1.807) is 14.2 Å². The Morgan fingerprint density at radius 3 is 2.66 bits per heavy atom. The lowest BCUT2D eigenvalue weighted by Gasteiger charge is -2.27. The van der Waals surface area contributed by atoms with E-state index in [4.69, 9.17) is 9.47 Å². The summed E-state index contributed by atoms with van der Waals surface area (Å²) in [6.45, 7) is 4.67. The van der Waals surface area contributed by atoms with Crippen molar-refractivity contribution in [3.63, 3.8) is 0 Å². The first-order valence-corrected chi connectivity index (χ1v) is 9.92. The van der Waals surface area contributed by atoms with Gasteiger partial charge >= 0.3 is 0 Å². The van der Waals surface area contributed by atoms with Gasteiger partial charge < -0.3 is 14.4 Å². The minimum atomic E-state index is -0.0415. The van der Waals surface area contributed by atoms with Gasteiger partial charge in [0.25, 0.3) is 5.91 Å². The summed E-state index contributed by atoms with van der Waals surface area (Å²) in [5, 5.41) is 0.994. The van der Waals surface area contributed by atoms with Crippen molar-refractivity contribution >= 4 is 16.8 Å². The molecule has 1 aliphatic heterocycles. The number of amides is 1. The Labute approximate surface area is 171 Å². The van der Waals surface area contributed by atoms with Crippen molar-refractivity contribution in [3.05, 3.63) is 64.8 Å². The zero-order valence-corrected chi connectivity index (χ0v) is 17.4. The first-order chi connectivity index (χ1) is 14.0. The van der Waals surface area contributed by atoms with Crippen LogP contribution >= 0.6 is 0 Å². The molecule has 1 saturated heterocycles. The molecule has 5 heteroatoms. The summed E-state index contributed by atoms with van der Waals surface area (Å²) in [6.07, 6.45) is 1.85. The molecule has 150 valence electrons. The molecule has 1 unspecified atom stereocenters. The Bertz CT molecular complexity index is 1080. The number of fused-ring (bicyclic) bond motifs is 1. The molecular formula is C24H26N2O3. The number of rotatable bonds is 4. The van der Waals surface area contributed by atoms with Gasteiger partial charge in [-0.1, -0.05) is 11.6 Å². The van der Waals surface area contributed by atoms with Crippen LogP contribution in [-0.4, -0.2) is 36.6 Å². The number of benzene rings is 2. The van der Waals surface area contributed by atoms with Crippen molar-refractivity contribution in [2.75, 3.05) is 20.8 Å². The molecule has 1 fully saturated rings. The van der Waals surface area contributed by atoms with Gasteiger partial charge in [-0.05, 0) is 63.1 Å². The third-order valence-electron chi connectivity index (χ3n) is 5.70. The van der Waals surface area contributed by atoms with E-state index in [1.807, 2.05) is 55.1 Å². The van der Waals surface area contributed by atoms with E-state index >= 15 is 0 Å². The van der Waals surface area contributed by atoms with Crippen LogP contribution in [0.4, 0.5) is 0 Å². The lowest BCUT2D eigenvalue weighted by atomic mass is 10.0. The minimum absolute atomic E-state index is 0.0192. The number of likely N-dealkylation sites (tertiary alicyclic amines) is 1. The molecule has 0 aliphatic carbocycles. The summed E-state index contributed by atoms with van der Waals surface area (Å²) in [7, 11) is 3.31. The molecular weight excluding hydrogens is 364 g/mol. The second kappa shape index (κ2) is 7.74. The molecule has 4 rings (SSSR count). The normalized spacial score (nSPS) is 16.3. The highest BCUT2D eigenvalue weighted by molar-refractivity contribution is 5.99. The maximum absolute atomic E-state index is 13.5. The lowest BCUT2D eigenvalue weighted by Crippen LogP contribution is -2.31. The van der Waals surface area contributed by atoms with Crippen LogP contribution < -0.4 is 9.47 Å². The van der Waals surface area contributed by atoms with Gasteiger partial charge in [0, 0.05) is 17.5 Å². The van der Waals surface area contributed by atoms with E-state index in [1.165, 1.54) is 0 Å². The molecule has 0 radical (unpaired) electrons. The van der Waals surface area contributed by atoms with Crippen LogP contribution in [0.15, 0.2) is 42.5 Å². The van der Waals surface area contributed by atoms with Crippen molar-refractivity contribution in [1.82, 2.24) is 9.88 Å². The van der Waals surface area contributed by atoms with Crippen molar-refractivity contribution < 1.29 is 14.3 Å². The monoisotopic (exact) mass is 390 g/mol. The van der Waals surface area contributed by atoms with Crippen molar-refractivity contribution in [2.24, 2.45) is 0 Å². The average Bonchev–Trinajstić information content (AvgIpc) is 3.22. The fraction of sp³-hybridized carbons (Fsp3) is 0.333. The number of hydrogen-bond acceptors (Lipinski definition) is 4. The molecule has 3 aromatic rings. The van der Waals surface area contributed by atoms with E-state index in [-0.39, 0.29) is 11.9 Å². The molecule has 1 aliphatic rings. The van der Waals surface area contributed by atoms with Crippen molar-refractivity contribution in [2.45, 2.75) is 32.7 Å². The van der Waals surface area contributed by atoms with Crippen LogP contribution in [0.2, 0.25) is 0 Å². The van der Waals surface area contributed by atoms with Crippen LogP contribution in [0.25, 0.3) is 10.9 Å². The number of carbonyl (C=O) groups is 1. The van der Waals surface area contributed by atoms with Gasteiger partial charge in [-0.2, -0.15) is 0 Å². The minimum Gasteiger partial charge on any atom is -0.497 e. The summed E-state index contributed by atoms with van der Waals surface area (Å²) in [6, 6.07) is 13.8. The smallest absolute Gasteiger partial charge is 0.256 e. The molecule has 2 aromatic carbocycles. The lowest BCUT2D eigenvalue weighted by molar-refractivity contribution is 0.0733. The molecule has 0 saturated carbocycles. The summed E-state index contributed by atoms with van der Waals surface area (Å²) >= 11 is 0. The van der Waals surface area contributed by atoms with Gasteiger partial charge in [-0.3, -0.25) is 9.78 Å². The number of hydrogen-bond donors (Lipinski definition) is 0. The molecule has 1 aromatic heterocycles. The van der Waals surface area contributed by atoms with E-state index in [0.717, 1.165) is 58.6 Å². The Balaban J connectivity index is 1.74. The maximum Gasteiger partial charge on any atom is 0.256 e. The standard InChI is InChI=1S/C24H26N2O3/c1-15-7-9-21-17(12-15)13-19(16(2)25-21)24(27)26-11-5-6-22(26)20-14-18(28-3)8-10-23(20)29-4/h7-10,12-14,22H,5-6,11H2,1-4H3. The molecule has 2 heterocycles. The highest BCUT2D eigenvalue weighted by atomic mass is 16.5. The zero-order chi connectivity index (χ0) is 20.5. The van der Waals surface area contributed by atoms with Crippen LogP contribution in [0.3, 0.4) is 0 Å². The molecule has 1 amide bonds. The quantitative estimate of drug-likeness (QED) is 0.639. The van der Waals surface area contributed by atoms with Crippen molar-refractivity contribution in [1.29, 1.82) is 0 Å². The second-order valence-corrected chi connectivity index (χ2v) is 7.58. The van der Waals surface area contributed by atoms with Gasteiger partial charge in [-0.25, -0.2) is 0 Å². The second-order valence-electron chi connectivity index (χ2n) is 7.58. The largest absolute Gasteiger partial charge is 0.497 e. The summed E-state index contributed by atoms with van der Waals surface area (Å²) < 4.78 is 11.0. The highest BCUT2D eigenvalue weighted by Crippen LogP contribution is 2.39. The summed E-state index contributed by atoms with van der Waals surface area (Å²) in [4.78, 5) is 20.2. The fourth-order valence-electron chi connectivity index (χ4n) is 4.20. The van der Waals surface area contributed by atoms with E-state index in [0.29, 0.717) is 5.56 Å². The number of pyridine rings is 1. The first kappa shape index (κ1) is 19.2. The van der Waals surface area contributed by atoms with Crippen LogP contribution in [0.5, 0.6) is 11.5 Å². The fourth-order valence-corrected chi connectivity index (χ4v) is 4.20. The van der Waals surface area contributed by atoms with E-state index < -0.39 is 0 Å². The molecule has 0 N–H and O–H groups in total. The topological polar surface area (TPSA) is 51.7 Å². The Kier molecular flexibility index (Phi) is 5.14. The number of methoxy groups -OCH3 is 2. The van der Waals surface area contributed by atoms with Gasteiger partial charge in [0.15, 0.2) is 0 Å². The SMILES string of the molecule is COc1ccc(OC)c(C2CCCN2C(=O)c2cc3cc(C)ccc3nc2C)c1. The Morgan fingerprint density at radius 1 is 1.07 bits per heavy atom. The predicted molar refractivity (Wildman–Crippen MR) is 114 cm³/mol. The van der Waals surface area contributed by atoms with Crippen LogP contribution in [0, 0.1) is 13.8 Å². The first-order valence-electron chi connectivity index (χ1n) is 9.92. The van der Waals surface area contributed by atoms with E-state index in [2.05, 4.69) is 11.1 Å². The number of aryl methyl sites for hydroxylation is 2. The molecule has 5 nitrogen and oxygen atoms in total. The molecule has 1 atom stereocenters. The Hall–Kier alpha value is -3.08. The Morgan fingerprint density at radius 2 is 1.90 bits per heavy atom. The van der Waals surface area contributed by atoms with Gasteiger partial charge in [-0.15, -0.1) is 0 Å². The zero-order valence-electron chi connectivity index (χ0n) is 17.4. The van der Waals surface area contributed by atoms with Crippen LogP contribution in [0.1, 0.15) is 46.1 Å². The van der Waals surface area contributed by atoms with Crippen molar-refractivity contribution in [3.8, 4) is 11.5 Å². The number of carbonyl (C=O) groups excluding carboxylic acids is 1. The number of aromatic nitrogens is 1. The average molecular weight is 390 g/mol. The summed E-state index contributed by atoms with van der Waals surface area (Å²) in [5.41, 5.74) is 4.48. The van der Waals surface area contributed by atoms with Gasteiger partial charge in [0.1, 0.15) is 11.5 Å². The molecule has 0 spiro atoms. The summed E-state index contributed by atoms with van der Waals surface area (Å²) in [5.74, 6) is 1.56. The van der Waals surface area contributed by atoms with Gasteiger partial charge in [0.05, 0.1) is 37.0 Å². The highest BCUT2D eigenvalue weighted by Gasteiger charge is 2.33. The van der Waals surface area contributed by atoms with E-state index in [9.17, 15) is 4.79 Å². The molecule has 0 bridgehead atoms. The third kappa shape index (κ3) is 3.53. The van der Waals surface area contributed by atoms with Gasteiger partial charge in [0.2, 0.25) is 0 Å². The van der Waals surface area contributed by atoms with Crippen LogP contribution in [-0.2, 0) is 0 Å². The molecule has 29 heavy (non-hydrogen) atoms.